The number of carbonyl (C=O) groups is 2. The molecule has 1 aromatic rings. The fourth-order valence-electron chi connectivity index (χ4n) is 2.13. The number of halogens is 1. The molecule has 0 bridgehead atoms. The maximum Gasteiger partial charge on any atom is 0.339 e. The minimum atomic E-state index is -0.481. The molecule has 0 N–H and O–H groups in total. The highest BCUT2D eigenvalue weighted by Crippen LogP contribution is 2.13. The standard InChI is InChI=1S/C19H27BrO4/c1-15(2)14-24-19(22)17-11-7-6-10-16(17)18(21)23-13-9-5-3-4-8-12-20/h6-7,10-11,15H,3-5,8-9,12-14H2,1-2H3. The second kappa shape index (κ2) is 12.1. The molecule has 1 aromatic carbocycles. The number of rotatable bonds is 11. The fraction of sp³-hybridized carbons (Fsp3) is 0.579. The molecule has 5 heteroatoms. The zero-order chi connectivity index (χ0) is 17.8. The summed E-state index contributed by atoms with van der Waals surface area (Å²) in [6, 6.07) is 6.63. The van der Waals surface area contributed by atoms with Crippen molar-refractivity contribution in [2.24, 2.45) is 5.92 Å². The summed E-state index contributed by atoms with van der Waals surface area (Å²) in [4.78, 5) is 24.3. The molecular weight excluding hydrogens is 372 g/mol. The van der Waals surface area contributed by atoms with Crippen molar-refractivity contribution in [2.75, 3.05) is 18.5 Å². The largest absolute Gasteiger partial charge is 0.462 e. The van der Waals surface area contributed by atoms with Crippen molar-refractivity contribution in [2.45, 2.75) is 46.0 Å². The molecule has 4 nitrogen and oxygen atoms in total. The molecule has 0 aliphatic rings. The molecule has 0 saturated carbocycles. The number of unbranched alkanes of at least 4 members (excludes halogenated alkanes) is 4. The first kappa shape index (κ1) is 20.7. The summed E-state index contributed by atoms with van der Waals surface area (Å²) in [7, 11) is 0. The third kappa shape index (κ3) is 7.95. The molecule has 0 aliphatic heterocycles. The minimum Gasteiger partial charge on any atom is -0.462 e. The first-order valence-corrected chi connectivity index (χ1v) is 9.67. The number of esters is 2. The second-order valence-electron chi connectivity index (χ2n) is 6.13. The van der Waals surface area contributed by atoms with Crippen LogP contribution in [0.4, 0.5) is 0 Å². The van der Waals surface area contributed by atoms with E-state index in [4.69, 9.17) is 9.47 Å². The predicted octanol–water partition coefficient (Wildman–Crippen LogP) is 5.00. The van der Waals surface area contributed by atoms with Gasteiger partial charge in [0, 0.05) is 5.33 Å². The number of hydrogen-bond donors (Lipinski definition) is 0. The SMILES string of the molecule is CC(C)COC(=O)c1ccccc1C(=O)OCCCCCCCBr. The van der Waals surface area contributed by atoms with Gasteiger partial charge in [0.2, 0.25) is 0 Å². The van der Waals surface area contributed by atoms with E-state index in [2.05, 4.69) is 15.9 Å². The molecule has 0 aliphatic carbocycles. The molecular formula is C19H27BrO4. The summed E-state index contributed by atoms with van der Waals surface area (Å²) >= 11 is 3.41. The van der Waals surface area contributed by atoms with E-state index in [-0.39, 0.29) is 17.0 Å². The normalized spacial score (nSPS) is 10.7. The Balaban J connectivity index is 2.48. The van der Waals surface area contributed by atoms with Crippen LogP contribution in [0.5, 0.6) is 0 Å². The van der Waals surface area contributed by atoms with Crippen LogP contribution in [0.2, 0.25) is 0 Å². The zero-order valence-corrected chi connectivity index (χ0v) is 16.1. The average Bonchev–Trinajstić information content (AvgIpc) is 2.58. The molecule has 1 rings (SSSR count). The molecule has 24 heavy (non-hydrogen) atoms. The van der Waals surface area contributed by atoms with Gasteiger partial charge in [-0.15, -0.1) is 0 Å². The Morgan fingerprint density at radius 2 is 1.46 bits per heavy atom. The van der Waals surface area contributed by atoms with E-state index < -0.39 is 11.9 Å². The van der Waals surface area contributed by atoms with E-state index in [1.54, 1.807) is 24.3 Å². The Hall–Kier alpha value is -1.36. The van der Waals surface area contributed by atoms with Crippen LogP contribution in [0, 0.1) is 5.92 Å². The lowest BCUT2D eigenvalue weighted by Gasteiger charge is -2.11. The highest BCUT2D eigenvalue weighted by atomic mass is 79.9. The van der Waals surface area contributed by atoms with Gasteiger partial charge in [0.1, 0.15) is 0 Å². The number of carbonyl (C=O) groups excluding carboxylic acids is 2. The molecule has 0 atom stereocenters. The van der Waals surface area contributed by atoms with Gasteiger partial charge >= 0.3 is 11.9 Å². The topological polar surface area (TPSA) is 52.6 Å². The second-order valence-corrected chi connectivity index (χ2v) is 6.92. The van der Waals surface area contributed by atoms with Gasteiger partial charge in [0.05, 0.1) is 24.3 Å². The van der Waals surface area contributed by atoms with Gasteiger partial charge < -0.3 is 9.47 Å². The van der Waals surface area contributed by atoms with E-state index in [1.807, 2.05) is 13.8 Å². The van der Waals surface area contributed by atoms with Crippen molar-refractivity contribution in [3.8, 4) is 0 Å². The lowest BCUT2D eigenvalue weighted by Crippen LogP contribution is -2.16. The number of ether oxygens (including phenoxy) is 2. The summed E-state index contributed by atoms with van der Waals surface area (Å²) < 4.78 is 10.5. The Morgan fingerprint density at radius 1 is 0.917 bits per heavy atom. The van der Waals surface area contributed by atoms with E-state index >= 15 is 0 Å². The van der Waals surface area contributed by atoms with Crippen LogP contribution in [-0.4, -0.2) is 30.5 Å². The van der Waals surface area contributed by atoms with Gasteiger partial charge in [-0.3, -0.25) is 0 Å². The van der Waals surface area contributed by atoms with Crippen molar-refractivity contribution < 1.29 is 19.1 Å². The van der Waals surface area contributed by atoms with Crippen molar-refractivity contribution in [3.05, 3.63) is 35.4 Å². The first-order valence-electron chi connectivity index (χ1n) is 8.55. The third-order valence-electron chi connectivity index (χ3n) is 3.43. The van der Waals surface area contributed by atoms with Crippen LogP contribution in [0.15, 0.2) is 24.3 Å². The van der Waals surface area contributed by atoms with E-state index in [0.717, 1.165) is 24.6 Å². The van der Waals surface area contributed by atoms with Gasteiger partial charge in [0.25, 0.3) is 0 Å². The monoisotopic (exact) mass is 398 g/mol. The lowest BCUT2D eigenvalue weighted by atomic mass is 10.1. The van der Waals surface area contributed by atoms with Gasteiger partial charge in [-0.05, 0) is 30.9 Å². The summed E-state index contributed by atoms with van der Waals surface area (Å²) in [5.41, 5.74) is 0.533. The zero-order valence-electron chi connectivity index (χ0n) is 14.6. The Kier molecular flexibility index (Phi) is 10.4. The van der Waals surface area contributed by atoms with Crippen LogP contribution in [-0.2, 0) is 9.47 Å². The van der Waals surface area contributed by atoms with Crippen molar-refractivity contribution in [1.29, 1.82) is 0 Å². The van der Waals surface area contributed by atoms with Crippen molar-refractivity contribution in [1.82, 2.24) is 0 Å². The maximum absolute atomic E-state index is 12.2. The van der Waals surface area contributed by atoms with Gasteiger partial charge in [0.15, 0.2) is 0 Å². The molecule has 134 valence electrons. The number of benzene rings is 1. The number of alkyl halides is 1. The highest BCUT2D eigenvalue weighted by Gasteiger charge is 2.19. The maximum atomic E-state index is 12.2. The predicted molar refractivity (Wildman–Crippen MR) is 98.7 cm³/mol. The fourth-order valence-corrected chi connectivity index (χ4v) is 2.53. The summed E-state index contributed by atoms with van der Waals surface area (Å²) in [6.07, 6.45) is 5.38. The summed E-state index contributed by atoms with van der Waals surface area (Å²) in [5, 5.41) is 1.03. The third-order valence-corrected chi connectivity index (χ3v) is 3.99. The minimum absolute atomic E-state index is 0.248. The summed E-state index contributed by atoms with van der Waals surface area (Å²) in [5.74, 6) is -0.698. The van der Waals surface area contributed by atoms with E-state index in [1.165, 1.54) is 12.8 Å². The highest BCUT2D eigenvalue weighted by molar-refractivity contribution is 9.09. The van der Waals surface area contributed by atoms with Crippen LogP contribution in [0.1, 0.15) is 66.7 Å². The molecule has 0 aromatic heterocycles. The van der Waals surface area contributed by atoms with Gasteiger partial charge in [-0.1, -0.05) is 61.2 Å². The average molecular weight is 399 g/mol. The van der Waals surface area contributed by atoms with E-state index in [0.29, 0.717) is 13.2 Å². The molecule has 0 heterocycles. The van der Waals surface area contributed by atoms with Gasteiger partial charge in [-0.25, -0.2) is 9.59 Å². The summed E-state index contributed by atoms with van der Waals surface area (Å²) in [6.45, 7) is 4.63. The first-order chi connectivity index (χ1) is 11.6. The van der Waals surface area contributed by atoms with Gasteiger partial charge in [-0.2, -0.15) is 0 Å². The Labute approximate surface area is 153 Å². The smallest absolute Gasteiger partial charge is 0.339 e. The van der Waals surface area contributed by atoms with Crippen molar-refractivity contribution in [3.63, 3.8) is 0 Å². The van der Waals surface area contributed by atoms with Crippen LogP contribution in [0.3, 0.4) is 0 Å². The molecule has 0 spiro atoms. The van der Waals surface area contributed by atoms with E-state index in [9.17, 15) is 9.59 Å². The molecule has 0 radical (unpaired) electrons. The Morgan fingerprint density at radius 3 is 2.04 bits per heavy atom. The Bertz CT molecular complexity index is 514. The van der Waals surface area contributed by atoms with Crippen LogP contribution >= 0.6 is 15.9 Å². The van der Waals surface area contributed by atoms with Crippen LogP contribution < -0.4 is 0 Å². The lowest BCUT2D eigenvalue weighted by molar-refractivity contribution is 0.0427. The molecule has 0 fully saturated rings. The quantitative estimate of drug-likeness (QED) is 0.299. The van der Waals surface area contributed by atoms with Crippen molar-refractivity contribution >= 4 is 27.9 Å². The number of hydrogen-bond acceptors (Lipinski definition) is 4. The molecule has 0 unspecified atom stereocenters. The van der Waals surface area contributed by atoms with Crippen LogP contribution in [0.25, 0.3) is 0 Å². The molecule has 0 amide bonds. The molecule has 0 saturated heterocycles.